The van der Waals surface area contributed by atoms with Crippen molar-refractivity contribution in [3.8, 4) is 6.07 Å². The number of benzene rings is 1. The quantitative estimate of drug-likeness (QED) is 0.774. The molecule has 1 fully saturated rings. The van der Waals surface area contributed by atoms with E-state index in [9.17, 15) is 9.59 Å². The first-order valence-electron chi connectivity index (χ1n) is 9.38. The van der Waals surface area contributed by atoms with Crippen molar-refractivity contribution < 1.29 is 9.59 Å². The van der Waals surface area contributed by atoms with Gasteiger partial charge in [-0.05, 0) is 44.5 Å². The van der Waals surface area contributed by atoms with Crippen molar-refractivity contribution in [2.75, 3.05) is 37.6 Å². The monoisotopic (exact) mass is 356 g/mol. The van der Waals surface area contributed by atoms with Crippen LogP contribution in [-0.4, -0.2) is 49.4 Å². The minimum atomic E-state index is 0.000310. The molecule has 6 heteroatoms. The first kappa shape index (κ1) is 19.9. The van der Waals surface area contributed by atoms with Gasteiger partial charge in [0.25, 0.3) is 0 Å². The molecular formula is C20H28N4O2. The summed E-state index contributed by atoms with van der Waals surface area (Å²) in [7, 11) is 0. The van der Waals surface area contributed by atoms with Gasteiger partial charge in [-0.1, -0.05) is 25.1 Å². The number of piperidine rings is 1. The molecule has 0 bridgehead atoms. The van der Waals surface area contributed by atoms with Gasteiger partial charge in [0.15, 0.2) is 0 Å². The minimum Gasteiger partial charge on any atom is -0.356 e. The van der Waals surface area contributed by atoms with E-state index in [4.69, 9.17) is 5.26 Å². The largest absolute Gasteiger partial charge is 0.356 e. The van der Waals surface area contributed by atoms with Crippen LogP contribution in [0.3, 0.4) is 0 Å². The van der Waals surface area contributed by atoms with Crippen LogP contribution in [0.4, 0.5) is 5.69 Å². The minimum absolute atomic E-state index is 0.000310. The highest BCUT2D eigenvalue weighted by Crippen LogP contribution is 2.19. The number of rotatable bonds is 8. The fourth-order valence-electron chi connectivity index (χ4n) is 3.19. The van der Waals surface area contributed by atoms with Gasteiger partial charge in [0.2, 0.25) is 11.8 Å². The summed E-state index contributed by atoms with van der Waals surface area (Å²) in [5.41, 5.74) is 0.821. The van der Waals surface area contributed by atoms with E-state index in [1.54, 1.807) is 4.90 Å². The van der Waals surface area contributed by atoms with Crippen LogP contribution < -0.4 is 10.2 Å². The molecule has 26 heavy (non-hydrogen) atoms. The molecule has 1 aliphatic heterocycles. The average molecular weight is 356 g/mol. The predicted octanol–water partition coefficient (Wildman–Crippen LogP) is 2.17. The van der Waals surface area contributed by atoms with E-state index >= 15 is 0 Å². The number of amides is 2. The van der Waals surface area contributed by atoms with Crippen molar-refractivity contribution in [2.45, 2.75) is 32.6 Å². The highest BCUT2D eigenvalue weighted by atomic mass is 16.2. The van der Waals surface area contributed by atoms with E-state index in [0.717, 1.165) is 44.6 Å². The number of nitriles is 1. The number of para-hydroxylation sites is 1. The molecule has 0 spiro atoms. The Balaban J connectivity index is 1.88. The Morgan fingerprint density at radius 1 is 1.27 bits per heavy atom. The van der Waals surface area contributed by atoms with Crippen molar-refractivity contribution in [2.24, 2.45) is 5.92 Å². The van der Waals surface area contributed by atoms with E-state index in [0.29, 0.717) is 19.5 Å². The molecule has 6 nitrogen and oxygen atoms in total. The smallest absolute Gasteiger partial charge is 0.241 e. The highest BCUT2D eigenvalue weighted by Gasteiger charge is 2.27. The van der Waals surface area contributed by atoms with E-state index in [2.05, 4.69) is 16.3 Å². The lowest BCUT2D eigenvalue weighted by Crippen LogP contribution is -2.46. The van der Waals surface area contributed by atoms with Gasteiger partial charge in [0, 0.05) is 24.7 Å². The number of nitrogens with one attached hydrogen (secondary N) is 1. The maximum absolute atomic E-state index is 12.8. The number of likely N-dealkylation sites (tertiary alicyclic amines) is 1. The second-order valence-corrected chi connectivity index (χ2v) is 6.63. The zero-order valence-electron chi connectivity index (χ0n) is 15.5. The van der Waals surface area contributed by atoms with Gasteiger partial charge in [0.05, 0.1) is 19.0 Å². The second-order valence-electron chi connectivity index (χ2n) is 6.63. The third-order valence-electron chi connectivity index (χ3n) is 4.68. The predicted molar refractivity (Wildman–Crippen MR) is 101 cm³/mol. The lowest BCUT2D eigenvalue weighted by atomic mass is 9.96. The van der Waals surface area contributed by atoms with Gasteiger partial charge < -0.3 is 10.2 Å². The maximum atomic E-state index is 12.8. The van der Waals surface area contributed by atoms with Crippen LogP contribution in [-0.2, 0) is 9.59 Å². The third-order valence-corrected chi connectivity index (χ3v) is 4.68. The Bertz CT molecular complexity index is 618. The van der Waals surface area contributed by atoms with Crippen LogP contribution in [0.25, 0.3) is 0 Å². The Morgan fingerprint density at radius 3 is 2.58 bits per heavy atom. The molecule has 0 radical (unpaired) electrons. The van der Waals surface area contributed by atoms with Crippen molar-refractivity contribution in [3.63, 3.8) is 0 Å². The van der Waals surface area contributed by atoms with Gasteiger partial charge >= 0.3 is 0 Å². The van der Waals surface area contributed by atoms with E-state index < -0.39 is 0 Å². The molecule has 1 aromatic rings. The van der Waals surface area contributed by atoms with E-state index in [1.807, 2.05) is 37.3 Å². The summed E-state index contributed by atoms with van der Waals surface area (Å²) in [6, 6.07) is 11.6. The van der Waals surface area contributed by atoms with Crippen LogP contribution in [0, 0.1) is 17.2 Å². The summed E-state index contributed by atoms with van der Waals surface area (Å²) in [5.74, 6) is 0.190. The summed E-state index contributed by atoms with van der Waals surface area (Å²) in [4.78, 5) is 28.6. The van der Waals surface area contributed by atoms with Gasteiger partial charge in [-0.15, -0.1) is 0 Å². The zero-order chi connectivity index (χ0) is 18.8. The maximum Gasteiger partial charge on any atom is 0.241 e. The van der Waals surface area contributed by atoms with Crippen LogP contribution in [0.2, 0.25) is 0 Å². The Labute approximate surface area is 155 Å². The molecule has 0 atom stereocenters. The van der Waals surface area contributed by atoms with Crippen molar-refractivity contribution >= 4 is 17.5 Å². The summed E-state index contributed by atoms with van der Waals surface area (Å²) in [6.07, 6.45) is 2.82. The molecule has 1 saturated heterocycles. The first-order valence-corrected chi connectivity index (χ1v) is 9.38. The lowest BCUT2D eigenvalue weighted by Gasteiger charge is -2.32. The molecule has 0 saturated carbocycles. The number of carbonyl (C=O) groups is 2. The van der Waals surface area contributed by atoms with Crippen molar-refractivity contribution in [3.05, 3.63) is 30.3 Å². The number of hydrogen-bond donors (Lipinski definition) is 1. The molecule has 2 amide bonds. The molecule has 0 aliphatic carbocycles. The fourth-order valence-corrected chi connectivity index (χ4v) is 3.19. The Morgan fingerprint density at radius 2 is 1.96 bits per heavy atom. The van der Waals surface area contributed by atoms with Gasteiger partial charge in [-0.2, -0.15) is 5.26 Å². The second kappa shape index (κ2) is 10.6. The fraction of sp³-hybridized carbons (Fsp3) is 0.550. The standard InChI is InChI=1S/C20H28N4O2/c1-2-12-22-20(26)17-9-14-23(15-10-17)16-19(25)24(13-6-11-21)18-7-4-3-5-8-18/h3-5,7-8,17H,2,6,9-10,12-16H2,1H3,(H,22,26). The summed E-state index contributed by atoms with van der Waals surface area (Å²) >= 11 is 0. The number of hydrogen-bond acceptors (Lipinski definition) is 4. The van der Waals surface area contributed by atoms with Gasteiger partial charge in [0.1, 0.15) is 0 Å². The molecule has 2 rings (SSSR count). The highest BCUT2D eigenvalue weighted by molar-refractivity contribution is 5.94. The molecule has 1 aliphatic rings. The number of carbonyl (C=O) groups excluding carboxylic acids is 2. The average Bonchev–Trinajstić information content (AvgIpc) is 2.68. The van der Waals surface area contributed by atoms with Crippen LogP contribution in [0.5, 0.6) is 0 Å². The van der Waals surface area contributed by atoms with Crippen LogP contribution >= 0.6 is 0 Å². The van der Waals surface area contributed by atoms with Crippen LogP contribution in [0.1, 0.15) is 32.6 Å². The Hall–Kier alpha value is -2.39. The molecule has 0 aromatic heterocycles. The molecule has 1 N–H and O–H groups in total. The van der Waals surface area contributed by atoms with E-state index in [1.165, 1.54) is 0 Å². The summed E-state index contributed by atoms with van der Waals surface area (Å²) < 4.78 is 0. The molecule has 140 valence electrons. The first-order chi connectivity index (χ1) is 12.7. The van der Waals surface area contributed by atoms with Gasteiger partial charge in [-0.3, -0.25) is 14.5 Å². The molecule has 1 heterocycles. The van der Waals surface area contributed by atoms with Gasteiger partial charge in [-0.25, -0.2) is 0 Å². The van der Waals surface area contributed by atoms with Crippen LogP contribution in [0.15, 0.2) is 30.3 Å². The number of anilines is 1. The van der Waals surface area contributed by atoms with Crippen molar-refractivity contribution in [1.29, 1.82) is 5.26 Å². The summed E-state index contributed by atoms with van der Waals surface area (Å²) in [5, 5.41) is 11.8. The molecule has 0 unspecified atom stereocenters. The molecule has 1 aromatic carbocycles. The topological polar surface area (TPSA) is 76.4 Å². The lowest BCUT2D eigenvalue weighted by molar-refractivity contribution is -0.126. The zero-order valence-corrected chi connectivity index (χ0v) is 15.5. The Kier molecular flexibility index (Phi) is 8.10. The van der Waals surface area contributed by atoms with E-state index in [-0.39, 0.29) is 17.7 Å². The SMILES string of the molecule is CCCNC(=O)C1CCN(CC(=O)N(CCC#N)c2ccccc2)CC1. The summed E-state index contributed by atoms with van der Waals surface area (Å²) in [6.45, 7) is 4.98. The third kappa shape index (κ3) is 5.85. The van der Waals surface area contributed by atoms with Crippen molar-refractivity contribution in [1.82, 2.24) is 10.2 Å². The normalized spacial score (nSPS) is 15.2. The molecular weight excluding hydrogens is 328 g/mol. The number of nitrogens with zero attached hydrogens (tertiary/aromatic N) is 3.